The largest absolute Gasteiger partial charge is 0.369 e. The van der Waals surface area contributed by atoms with Crippen molar-refractivity contribution in [1.29, 1.82) is 0 Å². The first-order valence-electron chi connectivity index (χ1n) is 5.52. The number of nitrogen functional groups attached to an aromatic ring is 1. The second-order valence-corrected chi connectivity index (χ2v) is 5.14. The lowest BCUT2D eigenvalue weighted by atomic mass is 10.3. The number of hydrogen-bond acceptors (Lipinski definition) is 4. The molecule has 2 aromatic heterocycles. The van der Waals surface area contributed by atoms with E-state index in [1.807, 2.05) is 33.7 Å². The summed E-state index contributed by atoms with van der Waals surface area (Å²) in [6, 6.07) is 5.62. The Morgan fingerprint density at radius 2 is 2.28 bits per heavy atom. The van der Waals surface area contributed by atoms with Gasteiger partial charge in [0, 0.05) is 23.4 Å². The molecule has 1 aromatic carbocycles. The number of fused-ring (bicyclic) bond motifs is 1. The first-order valence-corrected chi connectivity index (χ1v) is 6.84. The van der Waals surface area contributed by atoms with Crippen molar-refractivity contribution in [2.75, 3.05) is 5.73 Å². The van der Waals surface area contributed by atoms with Gasteiger partial charge in [-0.2, -0.15) is 0 Å². The van der Waals surface area contributed by atoms with Crippen molar-refractivity contribution >= 4 is 39.9 Å². The van der Waals surface area contributed by atoms with Crippen LogP contribution in [0.4, 0.5) is 5.95 Å². The third-order valence-electron chi connectivity index (χ3n) is 2.81. The Balaban J connectivity index is 1.93. The van der Waals surface area contributed by atoms with Gasteiger partial charge in [-0.15, -0.1) is 11.3 Å². The van der Waals surface area contributed by atoms with Crippen molar-refractivity contribution < 1.29 is 0 Å². The van der Waals surface area contributed by atoms with E-state index in [0.29, 0.717) is 11.0 Å². The molecule has 4 nitrogen and oxygen atoms in total. The van der Waals surface area contributed by atoms with Crippen LogP contribution >= 0.6 is 22.9 Å². The lowest BCUT2D eigenvalue weighted by Crippen LogP contribution is -2.05. The van der Waals surface area contributed by atoms with Crippen molar-refractivity contribution in [3.8, 4) is 0 Å². The quantitative estimate of drug-likeness (QED) is 0.801. The SMILES string of the molecule is Nc1nc2cc(Cl)ccc2n1CCc1cscn1. The third-order valence-corrected chi connectivity index (χ3v) is 3.69. The standard InChI is InChI=1S/C12H11ClN4S/c13-8-1-2-11-10(5-8)16-12(14)17(11)4-3-9-6-18-7-15-9/h1-2,5-7H,3-4H2,(H2,14,16). The average molecular weight is 279 g/mol. The maximum Gasteiger partial charge on any atom is 0.201 e. The van der Waals surface area contributed by atoms with Crippen LogP contribution in [0.3, 0.4) is 0 Å². The molecule has 18 heavy (non-hydrogen) atoms. The molecule has 92 valence electrons. The van der Waals surface area contributed by atoms with Gasteiger partial charge >= 0.3 is 0 Å². The molecule has 0 bridgehead atoms. The summed E-state index contributed by atoms with van der Waals surface area (Å²) in [7, 11) is 0. The Kier molecular flexibility index (Phi) is 2.93. The fourth-order valence-electron chi connectivity index (χ4n) is 1.94. The maximum absolute atomic E-state index is 5.94. The van der Waals surface area contributed by atoms with Gasteiger partial charge in [0.05, 0.1) is 22.2 Å². The fraction of sp³-hybridized carbons (Fsp3) is 0.167. The van der Waals surface area contributed by atoms with E-state index in [1.165, 1.54) is 0 Å². The van der Waals surface area contributed by atoms with Gasteiger partial charge in [-0.1, -0.05) is 11.6 Å². The zero-order valence-corrected chi connectivity index (χ0v) is 11.1. The van der Waals surface area contributed by atoms with Gasteiger partial charge in [0.2, 0.25) is 5.95 Å². The fourth-order valence-corrected chi connectivity index (χ4v) is 2.70. The minimum Gasteiger partial charge on any atom is -0.369 e. The predicted octanol–water partition coefficient (Wildman–Crippen LogP) is 2.97. The van der Waals surface area contributed by atoms with Crippen LogP contribution in [0.1, 0.15) is 5.69 Å². The van der Waals surface area contributed by atoms with Gasteiger partial charge in [-0.25, -0.2) is 9.97 Å². The van der Waals surface area contributed by atoms with Gasteiger partial charge in [0.15, 0.2) is 0 Å². The predicted molar refractivity (Wildman–Crippen MR) is 75.0 cm³/mol. The Morgan fingerprint density at radius 3 is 3.06 bits per heavy atom. The lowest BCUT2D eigenvalue weighted by Gasteiger charge is -2.04. The topological polar surface area (TPSA) is 56.7 Å². The minimum atomic E-state index is 0.516. The highest BCUT2D eigenvalue weighted by Crippen LogP contribution is 2.22. The van der Waals surface area contributed by atoms with Gasteiger partial charge < -0.3 is 10.3 Å². The number of nitrogens with zero attached hydrogens (tertiary/aromatic N) is 3. The van der Waals surface area contributed by atoms with Crippen molar-refractivity contribution in [2.24, 2.45) is 0 Å². The van der Waals surface area contributed by atoms with Crippen molar-refractivity contribution in [1.82, 2.24) is 14.5 Å². The van der Waals surface area contributed by atoms with Crippen LogP contribution in [-0.4, -0.2) is 14.5 Å². The summed E-state index contributed by atoms with van der Waals surface area (Å²) >= 11 is 7.54. The van der Waals surface area contributed by atoms with E-state index >= 15 is 0 Å². The molecule has 0 radical (unpaired) electrons. The monoisotopic (exact) mass is 278 g/mol. The number of thiazole rings is 1. The third kappa shape index (κ3) is 2.07. The van der Waals surface area contributed by atoms with Crippen LogP contribution in [0.25, 0.3) is 11.0 Å². The summed E-state index contributed by atoms with van der Waals surface area (Å²) in [4.78, 5) is 8.57. The number of benzene rings is 1. The van der Waals surface area contributed by atoms with E-state index in [-0.39, 0.29) is 0 Å². The normalized spacial score (nSPS) is 11.2. The van der Waals surface area contributed by atoms with E-state index in [1.54, 1.807) is 11.3 Å². The summed E-state index contributed by atoms with van der Waals surface area (Å²) in [5.41, 5.74) is 10.7. The minimum absolute atomic E-state index is 0.516. The zero-order valence-electron chi connectivity index (χ0n) is 9.51. The second-order valence-electron chi connectivity index (χ2n) is 3.98. The number of aromatic nitrogens is 3. The molecule has 0 unspecified atom stereocenters. The second kappa shape index (κ2) is 4.59. The summed E-state index contributed by atoms with van der Waals surface area (Å²) in [5, 5.41) is 2.72. The van der Waals surface area contributed by atoms with Crippen LogP contribution in [0.15, 0.2) is 29.1 Å². The van der Waals surface area contributed by atoms with Crippen LogP contribution in [0.2, 0.25) is 5.02 Å². The average Bonchev–Trinajstić information content (AvgIpc) is 2.93. The highest BCUT2D eigenvalue weighted by molar-refractivity contribution is 7.07. The molecule has 0 saturated carbocycles. The smallest absolute Gasteiger partial charge is 0.201 e. The summed E-state index contributed by atoms with van der Waals surface area (Å²) < 4.78 is 1.99. The molecule has 0 saturated heterocycles. The number of hydrogen-bond donors (Lipinski definition) is 1. The number of imidazole rings is 1. The van der Waals surface area contributed by atoms with Crippen molar-refractivity contribution in [3.05, 3.63) is 39.8 Å². The van der Waals surface area contributed by atoms with Gasteiger partial charge in [0.25, 0.3) is 0 Å². The molecule has 3 rings (SSSR count). The van der Waals surface area contributed by atoms with Gasteiger partial charge in [-0.3, -0.25) is 0 Å². The highest BCUT2D eigenvalue weighted by Gasteiger charge is 2.08. The molecule has 2 N–H and O–H groups in total. The van der Waals surface area contributed by atoms with Crippen LogP contribution in [0, 0.1) is 0 Å². The molecule has 0 fully saturated rings. The van der Waals surface area contributed by atoms with Gasteiger partial charge in [0.1, 0.15) is 0 Å². The first kappa shape index (κ1) is 11.5. The van der Waals surface area contributed by atoms with Gasteiger partial charge in [-0.05, 0) is 18.2 Å². The molecule has 0 aliphatic carbocycles. The molecule has 0 aliphatic rings. The Morgan fingerprint density at radius 1 is 1.39 bits per heavy atom. The summed E-state index contributed by atoms with van der Waals surface area (Å²) in [6.07, 6.45) is 0.849. The number of anilines is 1. The number of rotatable bonds is 3. The highest BCUT2D eigenvalue weighted by atomic mass is 35.5. The van der Waals surface area contributed by atoms with Crippen LogP contribution in [0.5, 0.6) is 0 Å². The summed E-state index contributed by atoms with van der Waals surface area (Å²) in [5.74, 6) is 0.516. The Hall–Kier alpha value is -1.59. The van der Waals surface area contributed by atoms with E-state index < -0.39 is 0 Å². The maximum atomic E-state index is 5.94. The molecule has 0 amide bonds. The molecule has 0 atom stereocenters. The van der Waals surface area contributed by atoms with E-state index in [4.69, 9.17) is 17.3 Å². The number of halogens is 1. The van der Waals surface area contributed by atoms with E-state index in [0.717, 1.165) is 29.7 Å². The van der Waals surface area contributed by atoms with Crippen LogP contribution < -0.4 is 5.73 Å². The summed E-state index contributed by atoms with van der Waals surface area (Å²) in [6.45, 7) is 0.772. The zero-order chi connectivity index (χ0) is 12.5. The van der Waals surface area contributed by atoms with Crippen molar-refractivity contribution in [3.63, 3.8) is 0 Å². The molecular weight excluding hydrogens is 268 g/mol. The molecule has 2 heterocycles. The van der Waals surface area contributed by atoms with E-state index in [9.17, 15) is 0 Å². The Bertz CT molecular complexity index is 675. The molecule has 0 aliphatic heterocycles. The lowest BCUT2D eigenvalue weighted by molar-refractivity contribution is 0.716. The van der Waals surface area contributed by atoms with E-state index in [2.05, 4.69) is 9.97 Å². The molecule has 0 spiro atoms. The number of aryl methyl sites for hydroxylation is 2. The van der Waals surface area contributed by atoms with Crippen LogP contribution in [-0.2, 0) is 13.0 Å². The first-order chi connectivity index (χ1) is 8.74. The van der Waals surface area contributed by atoms with Crippen molar-refractivity contribution in [2.45, 2.75) is 13.0 Å². The molecule has 3 aromatic rings. The molecular formula is C12H11ClN4S. The molecule has 6 heteroatoms. The number of nitrogens with two attached hydrogens (primary N) is 1. The Labute approximate surface area is 113 Å².